The number of thioether (sulfide) groups is 1. The summed E-state index contributed by atoms with van der Waals surface area (Å²) in [6, 6.07) is 15.2. The molecule has 21 heavy (non-hydrogen) atoms. The summed E-state index contributed by atoms with van der Waals surface area (Å²) in [6.07, 6.45) is 0. The number of nitrogens with zero attached hydrogens (tertiary/aromatic N) is 1. The molecule has 4 nitrogen and oxygen atoms in total. The van der Waals surface area contributed by atoms with Gasteiger partial charge in [0.25, 0.3) is 0 Å². The number of aromatic hydroxyl groups is 1. The van der Waals surface area contributed by atoms with Gasteiger partial charge in [-0.1, -0.05) is 36.0 Å². The average molecular weight is 300 g/mol. The zero-order valence-corrected chi connectivity index (χ0v) is 12.4. The normalized spacial score (nSPS) is 17.2. The highest BCUT2D eigenvalue weighted by atomic mass is 32.2. The molecule has 0 aromatic heterocycles. The minimum atomic E-state index is 0.0512. The van der Waals surface area contributed by atoms with Gasteiger partial charge < -0.3 is 9.84 Å². The van der Waals surface area contributed by atoms with E-state index in [0.29, 0.717) is 6.61 Å². The van der Waals surface area contributed by atoms with E-state index in [1.54, 1.807) is 23.9 Å². The lowest BCUT2D eigenvalue weighted by Crippen LogP contribution is -2.06. The zero-order valence-electron chi connectivity index (χ0n) is 11.6. The van der Waals surface area contributed by atoms with Crippen LogP contribution in [0.2, 0.25) is 0 Å². The second-order valence-corrected chi connectivity index (χ2v) is 5.66. The van der Waals surface area contributed by atoms with Gasteiger partial charge in [-0.15, -0.1) is 0 Å². The molecule has 5 heteroatoms. The molecule has 2 aromatic rings. The van der Waals surface area contributed by atoms with Crippen LogP contribution in [0.5, 0.6) is 11.5 Å². The van der Waals surface area contributed by atoms with Crippen LogP contribution in [-0.4, -0.2) is 16.8 Å². The van der Waals surface area contributed by atoms with Crippen LogP contribution in [0.3, 0.4) is 0 Å². The smallest absolute Gasteiger partial charge is 0.129 e. The third-order valence-electron chi connectivity index (χ3n) is 3.14. The summed E-state index contributed by atoms with van der Waals surface area (Å²) in [5.74, 6) is 1.11. The number of phenols is 1. The standard InChI is InChI=1S/C16H16N2O2S/c1-2-20-12-9-7-11(8-10-12)15-17-18-16(21-15)13-5-3-4-6-14(13)19/h3-10,15,17,19H,2H2,1H3/t15-/m0/s1. The fraction of sp³-hybridized carbons (Fsp3) is 0.188. The summed E-state index contributed by atoms with van der Waals surface area (Å²) in [7, 11) is 0. The number of rotatable bonds is 4. The highest BCUT2D eigenvalue weighted by molar-refractivity contribution is 8.14. The number of benzene rings is 2. The number of phenolic OH excluding ortho intramolecular Hbond substituents is 1. The van der Waals surface area contributed by atoms with Crippen molar-refractivity contribution in [2.45, 2.75) is 12.3 Å². The molecule has 0 saturated heterocycles. The lowest BCUT2D eigenvalue weighted by molar-refractivity contribution is 0.340. The maximum atomic E-state index is 9.88. The second kappa shape index (κ2) is 6.10. The van der Waals surface area contributed by atoms with Crippen molar-refractivity contribution in [3.8, 4) is 11.5 Å². The van der Waals surface area contributed by atoms with Crippen LogP contribution in [0.15, 0.2) is 53.6 Å². The molecule has 0 unspecified atom stereocenters. The van der Waals surface area contributed by atoms with Crippen LogP contribution >= 0.6 is 11.8 Å². The molecule has 108 valence electrons. The fourth-order valence-electron chi connectivity index (χ4n) is 2.11. The van der Waals surface area contributed by atoms with Crippen LogP contribution in [0.25, 0.3) is 0 Å². The van der Waals surface area contributed by atoms with E-state index in [-0.39, 0.29) is 11.1 Å². The predicted molar refractivity (Wildman–Crippen MR) is 85.7 cm³/mol. The van der Waals surface area contributed by atoms with Crippen molar-refractivity contribution >= 4 is 16.8 Å². The first-order valence-corrected chi connectivity index (χ1v) is 7.67. The van der Waals surface area contributed by atoms with Gasteiger partial charge in [0.1, 0.15) is 21.9 Å². The number of hydrogen-bond acceptors (Lipinski definition) is 5. The molecule has 0 amide bonds. The van der Waals surface area contributed by atoms with Crippen molar-refractivity contribution in [3.05, 3.63) is 59.7 Å². The van der Waals surface area contributed by atoms with Crippen molar-refractivity contribution in [2.24, 2.45) is 5.10 Å². The summed E-state index contributed by atoms with van der Waals surface area (Å²) < 4.78 is 5.44. The quantitative estimate of drug-likeness (QED) is 0.907. The van der Waals surface area contributed by atoms with Gasteiger partial charge in [0.2, 0.25) is 0 Å². The molecule has 0 saturated carbocycles. The van der Waals surface area contributed by atoms with Crippen LogP contribution in [-0.2, 0) is 0 Å². The molecule has 2 N–H and O–H groups in total. The molecule has 0 bridgehead atoms. The van der Waals surface area contributed by atoms with Crippen molar-refractivity contribution in [1.82, 2.24) is 5.43 Å². The lowest BCUT2D eigenvalue weighted by atomic mass is 10.2. The summed E-state index contributed by atoms with van der Waals surface area (Å²) in [5.41, 5.74) is 4.98. The lowest BCUT2D eigenvalue weighted by Gasteiger charge is -2.10. The molecule has 1 heterocycles. The number of para-hydroxylation sites is 1. The Bertz CT molecular complexity index is 656. The maximum Gasteiger partial charge on any atom is 0.129 e. The predicted octanol–water partition coefficient (Wildman–Crippen LogP) is 3.49. The molecule has 0 aliphatic carbocycles. The van der Waals surface area contributed by atoms with Crippen LogP contribution in [0.4, 0.5) is 0 Å². The minimum absolute atomic E-state index is 0.0512. The number of hydrazone groups is 1. The van der Waals surface area contributed by atoms with Gasteiger partial charge in [-0.3, -0.25) is 5.43 Å². The van der Waals surface area contributed by atoms with E-state index in [2.05, 4.69) is 10.5 Å². The van der Waals surface area contributed by atoms with Crippen molar-refractivity contribution in [3.63, 3.8) is 0 Å². The van der Waals surface area contributed by atoms with Crippen molar-refractivity contribution in [1.29, 1.82) is 0 Å². The zero-order chi connectivity index (χ0) is 14.7. The van der Waals surface area contributed by atoms with Crippen LogP contribution in [0.1, 0.15) is 23.4 Å². The number of hydrogen-bond donors (Lipinski definition) is 2. The summed E-state index contributed by atoms with van der Waals surface area (Å²) in [5, 5.41) is 15.1. The first-order valence-electron chi connectivity index (χ1n) is 6.79. The van der Waals surface area contributed by atoms with E-state index in [4.69, 9.17) is 4.74 Å². The van der Waals surface area contributed by atoms with Crippen LogP contribution in [0, 0.1) is 0 Å². The van der Waals surface area contributed by atoms with Gasteiger partial charge >= 0.3 is 0 Å². The maximum absolute atomic E-state index is 9.88. The van der Waals surface area contributed by atoms with Gasteiger partial charge in [-0.25, -0.2) is 0 Å². The Balaban J connectivity index is 1.72. The van der Waals surface area contributed by atoms with Crippen LogP contribution < -0.4 is 10.2 Å². The number of ether oxygens (including phenoxy) is 1. The third kappa shape index (κ3) is 2.97. The minimum Gasteiger partial charge on any atom is -0.507 e. The summed E-state index contributed by atoms with van der Waals surface area (Å²) in [4.78, 5) is 0. The average Bonchev–Trinajstić information content (AvgIpc) is 2.98. The molecule has 1 atom stereocenters. The first-order chi connectivity index (χ1) is 10.3. The molecular weight excluding hydrogens is 284 g/mol. The Hall–Kier alpha value is -2.14. The fourth-order valence-corrected chi connectivity index (χ4v) is 3.13. The summed E-state index contributed by atoms with van der Waals surface area (Å²) >= 11 is 1.59. The second-order valence-electron chi connectivity index (χ2n) is 4.56. The Morgan fingerprint density at radius 3 is 2.67 bits per heavy atom. The summed E-state index contributed by atoms with van der Waals surface area (Å²) in [6.45, 7) is 2.63. The van der Waals surface area contributed by atoms with Crippen molar-refractivity contribution < 1.29 is 9.84 Å². The van der Waals surface area contributed by atoms with E-state index in [0.717, 1.165) is 21.9 Å². The van der Waals surface area contributed by atoms with E-state index in [1.165, 1.54) is 0 Å². The Kier molecular flexibility index (Phi) is 4.01. The van der Waals surface area contributed by atoms with E-state index < -0.39 is 0 Å². The monoisotopic (exact) mass is 300 g/mol. The van der Waals surface area contributed by atoms with Gasteiger partial charge in [-0.05, 0) is 36.8 Å². The molecule has 1 aliphatic heterocycles. The number of nitrogens with one attached hydrogen (secondary N) is 1. The molecule has 3 rings (SSSR count). The largest absolute Gasteiger partial charge is 0.507 e. The van der Waals surface area contributed by atoms with Gasteiger partial charge in [0.15, 0.2) is 0 Å². The molecule has 1 aliphatic rings. The van der Waals surface area contributed by atoms with Gasteiger partial charge in [-0.2, -0.15) is 5.10 Å². The Morgan fingerprint density at radius 2 is 1.95 bits per heavy atom. The van der Waals surface area contributed by atoms with Gasteiger partial charge in [0, 0.05) is 0 Å². The highest BCUT2D eigenvalue weighted by Crippen LogP contribution is 2.36. The van der Waals surface area contributed by atoms with E-state index >= 15 is 0 Å². The Labute approximate surface area is 127 Å². The van der Waals surface area contributed by atoms with Crippen molar-refractivity contribution in [2.75, 3.05) is 6.61 Å². The molecule has 2 aromatic carbocycles. The molecule has 0 spiro atoms. The Morgan fingerprint density at radius 1 is 1.19 bits per heavy atom. The first kappa shape index (κ1) is 13.8. The van der Waals surface area contributed by atoms with Gasteiger partial charge in [0.05, 0.1) is 12.2 Å². The van der Waals surface area contributed by atoms with E-state index in [1.807, 2.05) is 43.3 Å². The van der Waals surface area contributed by atoms with E-state index in [9.17, 15) is 5.11 Å². The molecular formula is C16H16N2O2S. The highest BCUT2D eigenvalue weighted by Gasteiger charge is 2.23. The molecule has 0 radical (unpaired) electrons. The topological polar surface area (TPSA) is 53.8 Å². The molecule has 0 fully saturated rings. The third-order valence-corrected chi connectivity index (χ3v) is 4.29. The SMILES string of the molecule is CCOc1ccc([C@H]2NN=C(c3ccccc3O)S2)cc1.